The van der Waals surface area contributed by atoms with E-state index in [0.29, 0.717) is 12.8 Å². The van der Waals surface area contributed by atoms with Crippen LogP contribution in [0.15, 0.2) is 121 Å². The van der Waals surface area contributed by atoms with Crippen LogP contribution >= 0.6 is 0 Å². The number of esters is 2. The molecular formula is C41H45N3O9. The predicted molar refractivity (Wildman–Crippen MR) is 196 cm³/mol. The number of amides is 3. The largest absolute Gasteiger partial charge is 0.461 e. The number of nitrogens with one attached hydrogen (secondary N) is 3. The van der Waals surface area contributed by atoms with Crippen molar-refractivity contribution >= 4 is 30.0 Å². The second-order valence-corrected chi connectivity index (χ2v) is 12.1. The Morgan fingerprint density at radius 3 is 1.43 bits per heavy atom. The number of ether oxygens (including phenoxy) is 4. The SMILES string of the molecule is O=C(CC[C@H](NC(=O)[C@@H](CCCCNC(=O)OCc1ccccc1)NC(=O)OCc1ccccc1)C(=O)OCc1ccccc1)OCc1ccccc1. The van der Waals surface area contributed by atoms with E-state index in [4.69, 9.17) is 18.9 Å². The fraction of sp³-hybridized carbons (Fsp3) is 0.293. The molecule has 0 spiro atoms. The summed E-state index contributed by atoms with van der Waals surface area (Å²) in [5.41, 5.74) is 3.16. The average molecular weight is 724 g/mol. The molecule has 3 N–H and O–H groups in total. The predicted octanol–water partition coefficient (Wildman–Crippen LogP) is 6.13. The number of rotatable bonds is 20. The smallest absolute Gasteiger partial charge is 0.408 e. The van der Waals surface area contributed by atoms with Crippen LogP contribution in [0.2, 0.25) is 0 Å². The second kappa shape index (κ2) is 22.6. The van der Waals surface area contributed by atoms with Crippen molar-refractivity contribution in [3.63, 3.8) is 0 Å². The molecule has 0 radical (unpaired) electrons. The molecule has 0 bridgehead atoms. The monoisotopic (exact) mass is 723 g/mol. The number of benzene rings is 4. The van der Waals surface area contributed by atoms with Crippen molar-refractivity contribution in [2.75, 3.05) is 6.54 Å². The normalized spacial score (nSPS) is 11.6. The standard InChI is InChI=1S/C41H45N3O9/c45-37(50-27-31-15-5-1-6-16-31)25-24-36(39(47)51-28-32-17-7-2-8-18-32)43-38(46)35(44-41(49)53-30-34-21-11-4-12-22-34)23-13-14-26-42-40(48)52-29-33-19-9-3-10-20-33/h1-12,15-22,35-36H,13-14,23-30H2,(H,42,48)(H,43,46)(H,44,49)/t35-,36+/m1/s1. The van der Waals surface area contributed by atoms with Crippen LogP contribution in [-0.4, -0.2) is 48.7 Å². The van der Waals surface area contributed by atoms with Crippen molar-refractivity contribution in [2.24, 2.45) is 0 Å². The summed E-state index contributed by atoms with van der Waals surface area (Å²) in [6, 6.07) is 34.2. The minimum Gasteiger partial charge on any atom is -0.461 e. The summed E-state index contributed by atoms with van der Waals surface area (Å²) in [5, 5.41) is 7.95. The molecular weight excluding hydrogens is 678 g/mol. The maximum Gasteiger partial charge on any atom is 0.408 e. The first kappa shape index (κ1) is 39.6. The Hall–Kier alpha value is -6.17. The first-order chi connectivity index (χ1) is 25.9. The van der Waals surface area contributed by atoms with Crippen LogP contribution in [0.4, 0.5) is 9.59 Å². The van der Waals surface area contributed by atoms with E-state index in [-0.39, 0.29) is 52.2 Å². The quantitative estimate of drug-likeness (QED) is 0.0554. The van der Waals surface area contributed by atoms with Gasteiger partial charge in [0.05, 0.1) is 0 Å². The van der Waals surface area contributed by atoms with Crippen molar-refractivity contribution in [3.05, 3.63) is 144 Å². The topological polar surface area (TPSA) is 158 Å². The highest BCUT2D eigenvalue weighted by molar-refractivity contribution is 5.90. The van der Waals surface area contributed by atoms with Gasteiger partial charge >= 0.3 is 24.1 Å². The Labute approximate surface area is 309 Å². The van der Waals surface area contributed by atoms with E-state index < -0.39 is 42.1 Å². The summed E-state index contributed by atoms with van der Waals surface area (Å²) in [7, 11) is 0. The molecule has 53 heavy (non-hydrogen) atoms. The maximum absolute atomic E-state index is 13.7. The van der Waals surface area contributed by atoms with E-state index in [1.54, 1.807) is 24.3 Å². The third-order valence-electron chi connectivity index (χ3n) is 7.93. The molecule has 4 aromatic carbocycles. The third-order valence-corrected chi connectivity index (χ3v) is 7.93. The number of carbonyl (C=O) groups excluding carboxylic acids is 5. The highest BCUT2D eigenvalue weighted by Crippen LogP contribution is 2.11. The lowest BCUT2D eigenvalue weighted by Gasteiger charge is -2.22. The lowest BCUT2D eigenvalue weighted by atomic mass is 10.1. The van der Waals surface area contributed by atoms with Gasteiger partial charge in [0.25, 0.3) is 0 Å². The number of carbonyl (C=O) groups is 5. The zero-order valence-electron chi connectivity index (χ0n) is 29.4. The van der Waals surface area contributed by atoms with Gasteiger partial charge in [-0.05, 0) is 47.9 Å². The van der Waals surface area contributed by atoms with Crippen LogP contribution in [0.25, 0.3) is 0 Å². The molecule has 0 aliphatic rings. The molecule has 12 nitrogen and oxygen atoms in total. The molecule has 2 atom stereocenters. The molecule has 278 valence electrons. The van der Waals surface area contributed by atoms with Gasteiger partial charge in [0.2, 0.25) is 5.91 Å². The molecule has 0 saturated carbocycles. The Morgan fingerprint density at radius 1 is 0.472 bits per heavy atom. The van der Waals surface area contributed by atoms with E-state index in [1.165, 1.54) is 0 Å². The van der Waals surface area contributed by atoms with E-state index in [2.05, 4.69) is 16.0 Å². The van der Waals surface area contributed by atoms with E-state index in [9.17, 15) is 24.0 Å². The molecule has 4 aromatic rings. The van der Waals surface area contributed by atoms with E-state index >= 15 is 0 Å². The number of hydrogen-bond acceptors (Lipinski definition) is 9. The van der Waals surface area contributed by atoms with Gasteiger partial charge in [0.1, 0.15) is 38.5 Å². The third kappa shape index (κ3) is 15.7. The van der Waals surface area contributed by atoms with Crippen LogP contribution in [0.1, 0.15) is 54.4 Å². The number of hydrogen-bond donors (Lipinski definition) is 3. The first-order valence-electron chi connectivity index (χ1n) is 17.5. The maximum atomic E-state index is 13.7. The van der Waals surface area contributed by atoms with Gasteiger partial charge in [-0.15, -0.1) is 0 Å². The summed E-state index contributed by atoms with van der Waals surface area (Å²) in [6.07, 6.45) is -0.674. The van der Waals surface area contributed by atoms with Crippen LogP contribution in [0.3, 0.4) is 0 Å². The summed E-state index contributed by atoms with van der Waals surface area (Å²) in [4.78, 5) is 64.6. The highest BCUT2D eigenvalue weighted by atomic mass is 16.6. The molecule has 0 fully saturated rings. The molecule has 4 rings (SSSR count). The molecule has 0 aromatic heterocycles. The lowest BCUT2D eigenvalue weighted by molar-refractivity contribution is -0.150. The van der Waals surface area contributed by atoms with Crippen molar-refractivity contribution in [1.29, 1.82) is 0 Å². The first-order valence-corrected chi connectivity index (χ1v) is 17.5. The Kier molecular flexibility index (Phi) is 16.9. The summed E-state index contributed by atoms with van der Waals surface area (Å²) >= 11 is 0. The molecule has 0 saturated heterocycles. The van der Waals surface area contributed by atoms with Crippen LogP contribution in [-0.2, 0) is 59.8 Å². The summed E-state index contributed by atoms with van der Waals surface area (Å²) < 4.78 is 21.5. The van der Waals surface area contributed by atoms with Gasteiger partial charge < -0.3 is 34.9 Å². The number of alkyl carbamates (subject to hydrolysis) is 2. The molecule has 0 unspecified atom stereocenters. The average Bonchev–Trinajstić information content (AvgIpc) is 3.20. The Bertz CT molecular complexity index is 1710. The highest BCUT2D eigenvalue weighted by Gasteiger charge is 2.29. The van der Waals surface area contributed by atoms with Gasteiger partial charge in [-0.3, -0.25) is 9.59 Å². The minimum absolute atomic E-state index is 0.0183. The van der Waals surface area contributed by atoms with Gasteiger partial charge in [-0.25, -0.2) is 14.4 Å². The molecule has 0 aliphatic heterocycles. The molecule has 3 amide bonds. The fourth-order valence-electron chi connectivity index (χ4n) is 5.04. The minimum atomic E-state index is -1.22. The van der Waals surface area contributed by atoms with Crippen molar-refractivity contribution in [1.82, 2.24) is 16.0 Å². The van der Waals surface area contributed by atoms with Gasteiger partial charge in [-0.1, -0.05) is 121 Å². The summed E-state index contributed by atoms with van der Waals surface area (Å²) in [6.45, 7) is 0.393. The fourth-order valence-corrected chi connectivity index (χ4v) is 5.04. The van der Waals surface area contributed by atoms with Crippen LogP contribution < -0.4 is 16.0 Å². The Morgan fingerprint density at radius 2 is 0.925 bits per heavy atom. The van der Waals surface area contributed by atoms with Crippen molar-refractivity contribution < 1.29 is 42.9 Å². The number of unbranched alkanes of at least 4 members (excludes halogenated alkanes) is 1. The van der Waals surface area contributed by atoms with Gasteiger partial charge in [-0.2, -0.15) is 0 Å². The van der Waals surface area contributed by atoms with Crippen LogP contribution in [0.5, 0.6) is 0 Å². The van der Waals surface area contributed by atoms with Crippen molar-refractivity contribution in [2.45, 2.75) is 70.6 Å². The van der Waals surface area contributed by atoms with E-state index in [0.717, 1.165) is 22.3 Å². The van der Waals surface area contributed by atoms with Gasteiger partial charge in [0.15, 0.2) is 0 Å². The zero-order chi connectivity index (χ0) is 37.5. The lowest BCUT2D eigenvalue weighted by Crippen LogP contribution is -2.52. The Balaban J connectivity index is 1.35. The molecule has 12 heteroatoms. The van der Waals surface area contributed by atoms with Crippen LogP contribution in [0, 0.1) is 0 Å². The van der Waals surface area contributed by atoms with E-state index in [1.807, 2.05) is 97.1 Å². The molecule has 0 aliphatic carbocycles. The van der Waals surface area contributed by atoms with Crippen molar-refractivity contribution in [3.8, 4) is 0 Å². The molecule has 0 heterocycles. The summed E-state index contributed by atoms with van der Waals surface area (Å²) in [5.74, 6) is -1.98. The van der Waals surface area contributed by atoms with Gasteiger partial charge in [0, 0.05) is 13.0 Å². The zero-order valence-corrected chi connectivity index (χ0v) is 29.4. The second-order valence-electron chi connectivity index (χ2n) is 12.1.